The number of hydrogen-bond donors (Lipinski definition) is 2. The number of aryl methyl sites for hydroxylation is 1. The fourth-order valence-electron chi connectivity index (χ4n) is 3.41. The second-order valence-electron chi connectivity index (χ2n) is 7.29. The molecule has 156 valence electrons. The number of H-pyrrole nitrogens is 1. The zero-order valence-corrected chi connectivity index (χ0v) is 18.1. The van der Waals surface area contributed by atoms with Crippen LogP contribution in [0.5, 0.6) is 0 Å². The van der Waals surface area contributed by atoms with E-state index in [4.69, 9.17) is 0 Å². The Bertz CT molecular complexity index is 1460. The highest BCUT2D eigenvalue weighted by Crippen LogP contribution is 2.31. The molecule has 0 aliphatic carbocycles. The van der Waals surface area contributed by atoms with Gasteiger partial charge in [-0.3, -0.25) is 9.78 Å². The number of anilines is 1. The Kier molecular flexibility index (Phi) is 5.31. The Morgan fingerprint density at radius 1 is 1.00 bits per heavy atom. The van der Waals surface area contributed by atoms with Crippen LogP contribution in [0.1, 0.15) is 11.1 Å². The fraction of sp³-hybridized carbons (Fsp3) is 0.0400. The van der Waals surface area contributed by atoms with Crippen LogP contribution in [0.25, 0.3) is 32.7 Å². The minimum atomic E-state index is -0.271. The number of aromatic amines is 1. The minimum Gasteiger partial charge on any atom is -0.291 e. The zero-order valence-electron chi connectivity index (χ0n) is 17.2. The molecule has 0 fully saturated rings. The summed E-state index contributed by atoms with van der Waals surface area (Å²) in [6.45, 7) is 2.03. The first-order valence-corrected chi connectivity index (χ1v) is 11.0. The molecular formula is C25H19N5OS. The van der Waals surface area contributed by atoms with E-state index in [0.717, 1.165) is 27.3 Å². The molecule has 7 heteroatoms. The summed E-state index contributed by atoms with van der Waals surface area (Å²) in [5.74, 6) is 0.237. The standard InChI is InChI=1S/C25H19N5OS/c1-16-9-11-17(12-10-16)15-26-30-25-28-23-22(24(31)29-25)19(18-6-3-2-4-7-18)14-20(27-23)21-8-5-13-32-21/h2-15H,1H3,(H2,27,28,29,30,31)/b26-15+. The summed E-state index contributed by atoms with van der Waals surface area (Å²) in [6.07, 6.45) is 1.68. The number of fused-ring (bicyclic) bond motifs is 1. The molecule has 0 amide bonds. The maximum Gasteiger partial charge on any atom is 0.262 e. The van der Waals surface area contributed by atoms with E-state index in [1.54, 1.807) is 17.6 Å². The molecule has 0 aliphatic heterocycles. The van der Waals surface area contributed by atoms with Gasteiger partial charge in [0.25, 0.3) is 5.56 Å². The average molecular weight is 438 g/mol. The van der Waals surface area contributed by atoms with Crippen molar-refractivity contribution in [1.29, 1.82) is 0 Å². The largest absolute Gasteiger partial charge is 0.291 e. The summed E-state index contributed by atoms with van der Waals surface area (Å²) in [4.78, 5) is 26.1. The van der Waals surface area contributed by atoms with Gasteiger partial charge in [0.2, 0.25) is 5.95 Å². The molecule has 2 N–H and O–H groups in total. The molecule has 5 rings (SSSR count). The van der Waals surface area contributed by atoms with E-state index >= 15 is 0 Å². The monoisotopic (exact) mass is 437 g/mol. The van der Waals surface area contributed by atoms with E-state index in [2.05, 4.69) is 25.5 Å². The summed E-state index contributed by atoms with van der Waals surface area (Å²) in [6, 6.07) is 23.7. The SMILES string of the molecule is Cc1ccc(/C=N/Nc2nc3nc(-c4cccs4)cc(-c4ccccc4)c3c(=O)[nH]2)cc1. The number of nitrogens with one attached hydrogen (secondary N) is 2. The van der Waals surface area contributed by atoms with Gasteiger partial charge in [0.05, 0.1) is 22.2 Å². The number of thiophene rings is 1. The normalized spacial score (nSPS) is 11.3. The average Bonchev–Trinajstić information content (AvgIpc) is 3.35. The number of hydrazone groups is 1. The molecule has 0 bridgehead atoms. The van der Waals surface area contributed by atoms with Gasteiger partial charge in [0, 0.05) is 5.56 Å². The van der Waals surface area contributed by atoms with Gasteiger partial charge in [-0.1, -0.05) is 66.2 Å². The second kappa shape index (κ2) is 8.56. The van der Waals surface area contributed by atoms with Crippen molar-refractivity contribution < 1.29 is 0 Å². The fourth-order valence-corrected chi connectivity index (χ4v) is 4.10. The summed E-state index contributed by atoms with van der Waals surface area (Å²) in [5, 5.41) is 6.66. The molecule has 2 aromatic carbocycles. The van der Waals surface area contributed by atoms with Crippen LogP contribution in [0.2, 0.25) is 0 Å². The van der Waals surface area contributed by atoms with Crippen molar-refractivity contribution >= 4 is 34.5 Å². The van der Waals surface area contributed by atoms with Crippen LogP contribution in [-0.4, -0.2) is 21.2 Å². The smallest absolute Gasteiger partial charge is 0.262 e. The molecule has 0 radical (unpaired) electrons. The Morgan fingerprint density at radius 2 is 1.81 bits per heavy atom. The molecule has 0 saturated carbocycles. The van der Waals surface area contributed by atoms with Crippen LogP contribution in [-0.2, 0) is 0 Å². The molecule has 0 aliphatic rings. The second-order valence-corrected chi connectivity index (χ2v) is 8.24. The predicted octanol–water partition coefficient (Wildman–Crippen LogP) is 5.47. The first-order chi connectivity index (χ1) is 15.7. The van der Waals surface area contributed by atoms with E-state index < -0.39 is 0 Å². The molecule has 0 saturated heterocycles. The highest BCUT2D eigenvalue weighted by atomic mass is 32.1. The highest BCUT2D eigenvalue weighted by molar-refractivity contribution is 7.13. The van der Waals surface area contributed by atoms with Crippen LogP contribution < -0.4 is 11.0 Å². The lowest BCUT2D eigenvalue weighted by Gasteiger charge is -2.09. The number of rotatable bonds is 5. The lowest BCUT2D eigenvalue weighted by molar-refractivity contribution is 1.11. The minimum absolute atomic E-state index is 0.237. The van der Waals surface area contributed by atoms with E-state index in [-0.39, 0.29) is 11.5 Å². The van der Waals surface area contributed by atoms with Crippen molar-refractivity contribution in [1.82, 2.24) is 15.0 Å². The lowest BCUT2D eigenvalue weighted by atomic mass is 10.0. The number of nitrogens with zero attached hydrogens (tertiary/aromatic N) is 3. The third-order valence-electron chi connectivity index (χ3n) is 5.00. The van der Waals surface area contributed by atoms with Crippen LogP contribution in [0.15, 0.2) is 88.1 Å². The molecular weight excluding hydrogens is 418 g/mol. The van der Waals surface area contributed by atoms with Crippen LogP contribution in [0.4, 0.5) is 5.95 Å². The van der Waals surface area contributed by atoms with Crippen molar-refractivity contribution in [2.45, 2.75) is 6.92 Å². The first kappa shape index (κ1) is 19.8. The topological polar surface area (TPSA) is 83.0 Å². The molecule has 3 aromatic heterocycles. The van der Waals surface area contributed by atoms with Gasteiger partial charge in [-0.2, -0.15) is 10.1 Å². The Morgan fingerprint density at radius 3 is 2.56 bits per heavy atom. The van der Waals surface area contributed by atoms with Crippen molar-refractivity contribution in [3.05, 3.63) is 99.7 Å². The van der Waals surface area contributed by atoms with Gasteiger partial charge in [-0.05, 0) is 35.6 Å². The number of pyridine rings is 1. The third kappa shape index (κ3) is 4.06. The number of aromatic nitrogens is 3. The van der Waals surface area contributed by atoms with Gasteiger partial charge in [-0.25, -0.2) is 10.4 Å². The quantitative estimate of drug-likeness (QED) is 0.282. The summed E-state index contributed by atoms with van der Waals surface area (Å²) in [7, 11) is 0. The zero-order chi connectivity index (χ0) is 21.9. The summed E-state index contributed by atoms with van der Waals surface area (Å²) < 4.78 is 0. The van der Waals surface area contributed by atoms with Gasteiger partial charge in [0.1, 0.15) is 0 Å². The van der Waals surface area contributed by atoms with Crippen LogP contribution in [0.3, 0.4) is 0 Å². The van der Waals surface area contributed by atoms with E-state index in [1.165, 1.54) is 5.56 Å². The van der Waals surface area contributed by atoms with E-state index in [9.17, 15) is 4.79 Å². The summed E-state index contributed by atoms with van der Waals surface area (Å²) >= 11 is 1.59. The maximum absolute atomic E-state index is 13.0. The van der Waals surface area contributed by atoms with Crippen LogP contribution >= 0.6 is 11.3 Å². The molecule has 0 spiro atoms. The molecule has 32 heavy (non-hydrogen) atoms. The maximum atomic E-state index is 13.0. The molecule has 3 heterocycles. The highest BCUT2D eigenvalue weighted by Gasteiger charge is 2.15. The Balaban J connectivity index is 1.59. The number of benzene rings is 2. The molecule has 5 aromatic rings. The van der Waals surface area contributed by atoms with Crippen molar-refractivity contribution in [3.63, 3.8) is 0 Å². The Labute approximate surface area is 188 Å². The Hall–Kier alpha value is -4.10. The van der Waals surface area contributed by atoms with Crippen molar-refractivity contribution in [3.8, 4) is 21.7 Å². The molecule has 6 nitrogen and oxygen atoms in total. The van der Waals surface area contributed by atoms with Crippen molar-refractivity contribution in [2.24, 2.45) is 5.10 Å². The summed E-state index contributed by atoms with van der Waals surface area (Å²) in [5.41, 5.74) is 7.54. The van der Waals surface area contributed by atoms with Crippen LogP contribution in [0, 0.1) is 6.92 Å². The van der Waals surface area contributed by atoms with E-state index in [1.807, 2.05) is 85.1 Å². The first-order valence-electron chi connectivity index (χ1n) is 10.1. The predicted molar refractivity (Wildman–Crippen MR) is 131 cm³/mol. The molecule has 0 atom stereocenters. The van der Waals surface area contributed by atoms with Gasteiger partial charge >= 0.3 is 0 Å². The van der Waals surface area contributed by atoms with Crippen molar-refractivity contribution in [2.75, 3.05) is 5.43 Å². The molecule has 0 unspecified atom stereocenters. The van der Waals surface area contributed by atoms with Gasteiger partial charge in [0.15, 0.2) is 5.65 Å². The van der Waals surface area contributed by atoms with E-state index in [0.29, 0.717) is 11.0 Å². The van der Waals surface area contributed by atoms with Gasteiger partial charge in [-0.15, -0.1) is 11.3 Å². The lowest BCUT2D eigenvalue weighted by Crippen LogP contribution is -2.13. The van der Waals surface area contributed by atoms with Gasteiger partial charge < -0.3 is 0 Å². The third-order valence-corrected chi connectivity index (χ3v) is 5.89. The number of hydrogen-bond acceptors (Lipinski definition) is 6.